The summed E-state index contributed by atoms with van der Waals surface area (Å²) in [4.78, 5) is 9.27. The number of ether oxygens (including phenoxy) is 1. The molecular weight excluding hydrogens is 294 g/mol. The average Bonchev–Trinajstić information content (AvgIpc) is 3.21. The van der Waals surface area contributed by atoms with Crippen molar-refractivity contribution >= 4 is 5.96 Å². The molecule has 2 fully saturated rings. The molecule has 0 aromatic carbocycles. The first kappa shape index (κ1) is 16.2. The van der Waals surface area contributed by atoms with Crippen LogP contribution < -0.4 is 5.32 Å². The Balaban J connectivity index is 1.44. The normalized spacial score (nSPS) is 23.5. The van der Waals surface area contributed by atoms with Crippen molar-refractivity contribution in [2.45, 2.75) is 13.0 Å². The minimum absolute atomic E-state index is 0.642. The number of hydrogen-bond acceptors (Lipinski definition) is 5. The summed E-state index contributed by atoms with van der Waals surface area (Å²) >= 11 is 0. The summed E-state index contributed by atoms with van der Waals surface area (Å²) in [6.07, 6.45) is 2.92. The number of aliphatic imine (C=N–C) groups is 1. The van der Waals surface area contributed by atoms with E-state index in [0.717, 1.165) is 57.1 Å². The highest BCUT2D eigenvalue weighted by Crippen LogP contribution is 2.15. The lowest BCUT2D eigenvalue weighted by molar-refractivity contribution is 0.139. The first-order chi connectivity index (χ1) is 11.3. The van der Waals surface area contributed by atoms with Crippen molar-refractivity contribution in [3.8, 4) is 0 Å². The van der Waals surface area contributed by atoms with Crippen LogP contribution >= 0.6 is 0 Å². The SMILES string of the molecule is CN=C(NCc1nncn1C)N1CCN(CC2CCOC2)CC1. The molecule has 3 rings (SSSR count). The largest absolute Gasteiger partial charge is 0.381 e. The van der Waals surface area contributed by atoms with Gasteiger partial charge in [-0.1, -0.05) is 0 Å². The quantitative estimate of drug-likeness (QED) is 0.598. The van der Waals surface area contributed by atoms with Crippen molar-refractivity contribution in [3.63, 3.8) is 0 Å². The Morgan fingerprint density at radius 2 is 2.22 bits per heavy atom. The van der Waals surface area contributed by atoms with Crippen LogP contribution in [0.2, 0.25) is 0 Å². The summed E-state index contributed by atoms with van der Waals surface area (Å²) in [7, 11) is 3.78. The molecule has 0 radical (unpaired) electrons. The minimum Gasteiger partial charge on any atom is -0.381 e. The van der Waals surface area contributed by atoms with Gasteiger partial charge in [-0.3, -0.25) is 9.89 Å². The molecule has 2 saturated heterocycles. The fourth-order valence-electron chi connectivity index (χ4n) is 3.19. The Labute approximate surface area is 137 Å². The van der Waals surface area contributed by atoms with Gasteiger partial charge in [0, 0.05) is 53.4 Å². The fraction of sp³-hybridized carbons (Fsp3) is 0.800. The van der Waals surface area contributed by atoms with Crippen LogP contribution in [-0.4, -0.2) is 83.5 Å². The molecule has 0 bridgehead atoms. The van der Waals surface area contributed by atoms with E-state index in [0.29, 0.717) is 6.54 Å². The van der Waals surface area contributed by atoms with Gasteiger partial charge in [0.2, 0.25) is 0 Å². The molecule has 2 aliphatic heterocycles. The lowest BCUT2D eigenvalue weighted by Crippen LogP contribution is -2.53. The van der Waals surface area contributed by atoms with Crippen molar-refractivity contribution in [1.82, 2.24) is 29.9 Å². The van der Waals surface area contributed by atoms with E-state index in [1.165, 1.54) is 13.0 Å². The van der Waals surface area contributed by atoms with E-state index in [4.69, 9.17) is 4.74 Å². The summed E-state index contributed by atoms with van der Waals surface area (Å²) < 4.78 is 7.39. The molecule has 23 heavy (non-hydrogen) atoms. The molecule has 0 aliphatic carbocycles. The van der Waals surface area contributed by atoms with Gasteiger partial charge < -0.3 is 19.5 Å². The van der Waals surface area contributed by atoms with Crippen molar-refractivity contribution in [1.29, 1.82) is 0 Å². The molecule has 0 spiro atoms. The fourth-order valence-corrected chi connectivity index (χ4v) is 3.19. The van der Waals surface area contributed by atoms with Crippen LogP contribution in [0.15, 0.2) is 11.3 Å². The maximum absolute atomic E-state index is 5.47. The summed E-state index contributed by atoms with van der Waals surface area (Å²) in [5.41, 5.74) is 0. The molecule has 8 heteroatoms. The number of rotatable bonds is 4. The number of hydrogen-bond donors (Lipinski definition) is 1. The smallest absolute Gasteiger partial charge is 0.194 e. The number of nitrogens with one attached hydrogen (secondary N) is 1. The monoisotopic (exact) mass is 321 g/mol. The molecule has 3 heterocycles. The second-order valence-electron chi connectivity index (χ2n) is 6.28. The Kier molecular flexibility index (Phi) is 5.45. The zero-order valence-electron chi connectivity index (χ0n) is 14.1. The highest BCUT2D eigenvalue weighted by Gasteiger charge is 2.24. The van der Waals surface area contributed by atoms with Crippen molar-refractivity contribution in [2.75, 3.05) is 53.0 Å². The molecule has 1 unspecified atom stereocenters. The summed E-state index contributed by atoms with van der Waals surface area (Å²) in [5, 5.41) is 11.4. The predicted octanol–water partition coefficient (Wildman–Crippen LogP) is -0.455. The van der Waals surface area contributed by atoms with Crippen molar-refractivity contribution in [3.05, 3.63) is 12.2 Å². The van der Waals surface area contributed by atoms with Gasteiger partial charge in [-0.05, 0) is 12.3 Å². The Morgan fingerprint density at radius 3 is 2.83 bits per heavy atom. The Hall–Kier alpha value is -1.67. The zero-order valence-corrected chi connectivity index (χ0v) is 14.1. The van der Waals surface area contributed by atoms with E-state index >= 15 is 0 Å². The number of aryl methyl sites for hydroxylation is 1. The Morgan fingerprint density at radius 1 is 1.39 bits per heavy atom. The van der Waals surface area contributed by atoms with Gasteiger partial charge in [0.25, 0.3) is 0 Å². The second-order valence-corrected chi connectivity index (χ2v) is 6.28. The molecule has 128 valence electrons. The van der Waals surface area contributed by atoms with E-state index in [1.807, 2.05) is 18.7 Å². The zero-order chi connectivity index (χ0) is 16.1. The van der Waals surface area contributed by atoms with Crippen LogP contribution in [0, 0.1) is 5.92 Å². The standard InChI is InChI=1S/C15H27N7O/c1-16-15(17-9-14-19-18-12-20(14)2)22-6-4-21(5-7-22)10-13-3-8-23-11-13/h12-13H,3-11H2,1-2H3,(H,16,17). The Bertz CT molecular complexity index is 516. The second kappa shape index (κ2) is 7.74. The summed E-state index contributed by atoms with van der Waals surface area (Å²) in [6, 6.07) is 0. The van der Waals surface area contributed by atoms with Crippen LogP contribution in [0.3, 0.4) is 0 Å². The molecule has 1 N–H and O–H groups in total. The molecule has 8 nitrogen and oxygen atoms in total. The third kappa shape index (κ3) is 4.20. The number of guanidine groups is 1. The number of aromatic nitrogens is 3. The first-order valence-electron chi connectivity index (χ1n) is 8.35. The molecule has 0 amide bonds. The van der Waals surface area contributed by atoms with E-state index in [-0.39, 0.29) is 0 Å². The molecule has 0 saturated carbocycles. The van der Waals surface area contributed by atoms with E-state index < -0.39 is 0 Å². The van der Waals surface area contributed by atoms with E-state index in [9.17, 15) is 0 Å². The first-order valence-corrected chi connectivity index (χ1v) is 8.35. The van der Waals surface area contributed by atoms with Gasteiger partial charge in [0.1, 0.15) is 6.33 Å². The molecule has 1 aromatic heterocycles. The van der Waals surface area contributed by atoms with Gasteiger partial charge in [0.05, 0.1) is 13.2 Å². The van der Waals surface area contributed by atoms with Gasteiger partial charge in [-0.15, -0.1) is 10.2 Å². The number of piperazine rings is 1. The third-order valence-corrected chi connectivity index (χ3v) is 4.63. The molecule has 1 aromatic rings. The lowest BCUT2D eigenvalue weighted by Gasteiger charge is -2.37. The molecule has 2 aliphatic rings. The number of nitrogens with zero attached hydrogens (tertiary/aromatic N) is 6. The van der Waals surface area contributed by atoms with Crippen LogP contribution in [0.4, 0.5) is 0 Å². The lowest BCUT2D eigenvalue weighted by atomic mass is 10.1. The van der Waals surface area contributed by atoms with Gasteiger partial charge in [-0.25, -0.2) is 0 Å². The van der Waals surface area contributed by atoms with E-state index in [2.05, 4.69) is 30.3 Å². The van der Waals surface area contributed by atoms with Gasteiger partial charge in [-0.2, -0.15) is 0 Å². The van der Waals surface area contributed by atoms with Crippen LogP contribution in [-0.2, 0) is 18.3 Å². The topological polar surface area (TPSA) is 70.8 Å². The highest BCUT2D eigenvalue weighted by atomic mass is 16.5. The van der Waals surface area contributed by atoms with Crippen LogP contribution in [0.1, 0.15) is 12.2 Å². The third-order valence-electron chi connectivity index (χ3n) is 4.63. The maximum atomic E-state index is 5.47. The highest BCUT2D eigenvalue weighted by molar-refractivity contribution is 5.79. The van der Waals surface area contributed by atoms with Crippen LogP contribution in [0.25, 0.3) is 0 Å². The minimum atomic E-state index is 0.642. The summed E-state index contributed by atoms with van der Waals surface area (Å²) in [6.45, 7) is 7.85. The van der Waals surface area contributed by atoms with Crippen molar-refractivity contribution < 1.29 is 4.74 Å². The summed E-state index contributed by atoms with van der Waals surface area (Å²) in [5.74, 6) is 2.57. The van der Waals surface area contributed by atoms with Crippen molar-refractivity contribution in [2.24, 2.45) is 18.0 Å². The van der Waals surface area contributed by atoms with Gasteiger partial charge >= 0.3 is 0 Å². The average molecular weight is 321 g/mol. The maximum Gasteiger partial charge on any atom is 0.194 e. The molecule has 1 atom stereocenters. The van der Waals surface area contributed by atoms with E-state index in [1.54, 1.807) is 6.33 Å². The molecular formula is C15H27N7O. The predicted molar refractivity (Wildman–Crippen MR) is 88.1 cm³/mol. The van der Waals surface area contributed by atoms with Crippen LogP contribution in [0.5, 0.6) is 0 Å². The van der Waals surface area contributed by atoms with Gasteiger partial charge in [0.15, 0.2) is 11.8 Å².